The maximum Gasteiger partial charge on any atom is 0.311 e. The van der Waals surface area contributed by atoms with Crippen LogP contribution in [0.15, 0.2) is 46.9 Å². The number of carbonyl (C=O) groups excluding carboxylic acids is 4. The summed E-state index contributed by atoms with van der Waals surface area (Å²) >= 11 is 3.36. The van der Waals surface area contributed by atoms with E-state index in [1.807, 2.05) is 6.92 Å². The summed E-state index contributed by atoms with van der Waals surface area (Å²) in [4.78, 5) is 58.9. The molecule has 0 bridgehead atoms. The highest BCUT2D eigenvalue weighted by atomic mass is 79.9. The Morgan fingerprint density at radius 2 is 1.91 bits per heavy atom. The predicted molar refractivity (Wildman–Crippen MR) is 119 cm³/mol. The second kappa shape index (κ2) is 10.2. The summed E-state index contributed by atoms with van der Waals surface area (Å²) in [6, 6.07) is 10.1. The van der Waals surface area contributed by atoms with E-state index in [-0.39, 0.29) is 24.2 Å². The molecule has 1 atom stereocenters. The van der Waals surface area contributed by atoms with Crippen molar-refractivity contribution in [1.82, 2.24) is 10.4 Å². The van der Waals surface area contributed by atoms with Crippen LogP contribution < -0.4 is 10.7 Å². The highest BCUT2D eigenvalue weighted by Gasteiger charge is 2.36. The highest BCUT2D eigenvalue weighted by molar-refractivity contribution is 9.10. The molecule has 1 aliphatic heterocycles. The van der Waals surface area contributed by atoms with Crippen LogP contribution in [0.25, 0.3) is 0 Å². The van der Waals surface area contributed by atoms with Gasteiger partial charge in [0.2, 0.25) is 5.91 Å². The fourth-order valence-electron chi connectivity index (χ4n) is 3.07. The molecule has 0 spiro atoms. The SMILES string of the molecule is Cc1cc(NC(=O)COC(=O)[C@H]2CC(=O)N(NC(=O)c3ccc([N+](=O)[O-])cc3)C2)ccc1Br. The largest absolute Gasteiger partial charge is 0.455 e. The van der Waals surface area contributed by atoms with Crippen LogP contribution in [0, 0.1) is 23.0 Å². The Kier molecular flexibility index (Phi) is 7.38. The van der Waals surface area contributed by atoms with E-state index in [0.29, 0.717) is 5.69 Å². The van der Waals surface area contributed by atoms with Crippen molar-refractivity contribution in [2.24, 2.45) is 5.92 Å². The van der Waals surface area contributed by atoms with Crippen molar-refractivity contribution in [3.8, 4) is 0 Å². The van der Waals surface area contributed by atoms with Gasteiger partial charge in [-0.15, -0.1) is 0 Å². The smallest absolute Gasteiger partial charge is 0.311 e. The minimum absolute atomic E-state index is 0.110. The molecule has 0 radical (unpaired) electrons. The number of non-ortho nitro benzene ring substituents is 1. The van der Waals surface area contributed by atoms with E-state index >= 15 is 0 Å². The molecule has 172 valence electrons. The lowest BCUT2D eigenvalue weighted by Gasteiger charge is -2.17. The maximum atomic E-state index is 12.3. The van der Waals surface area contributed by atoms with Crippen LogP contribution in [0.5, 0.6) is 0 Å². The summed E-state index contributed by atoms with van der Waals surface area (Å²) in [6.45, 7) is 1.22. The van der Waals surface area contributed by atoms with Crippen LogP contribution >= 0.6 is 15.9 Å². The van der Waals surface area contributed by atoms with Gasteiger partial charge in [-0.3, -0.25) is 39.7 Å². The van der Waals surface area contributed by atoms with Crippen LogP contribution in [0.4, 0.5) is 11.4 Å². The molecule has 0 aliphatic carbocycles. The number of anilines is 1. The third kappa shape index (κ3) is 6.13. The monoisotopic (exact) mass is 518 g/mol. The number of hydrazine groups is 1. The van der Waals surface area contributed by atoms with Gasteiger partial charge in [-0.1, -0.05) is 15.9 Å². The number of hydrogen-bond donors (Lipinski definition) is 2. The number of nitro benzene ring substituents is 1. The van der Waals surface area contributed by atoms with Crippen molar-refractivity contribution in [2.45, 2.75) is 13.3 Å². The summed E-state index contributed by atoms with van der Waals surface area (Å²) in [7, 11) is 0. The zero-order chi connectivity index (χ0) is 24.1. The first kappa shape index (κ1) is 23.9. The van der Waals surface area contributed by atoms with E-state index in [1.165, 1.54) is 24.3 Å². The van der Waals surface area contributed by atoms with E-state index in [0.717, 1.165) is 15.0 Å². The average molecular weight is 519 g/mol. The molecule has 1 fully saturated rings. The number of halogens is 1. The highest BCUT2D eigenvalue weighted by Crippen LogP contribution is 2.21. The Bertz CT molecular complexity index is 1120. The molecule has 3 rings (SSSR count). The Balaban J connectivity index is 1.48. The Labute approximate surface area is 196 Å². The van der Waals surface area contributed by atoms with E-state index in [1.54, 1.807) is 18.2 Å². The van der Waals surface area contributed by atoms with Gasteiger partial charge in [-0.2, -0.15) is 0 Å². The second-order valence-corrected chi connectivity index (χ2v) is 8.12. The van der Waals surface area contributed by atoms with Gasteiger partial charge in [0.1, 0.15) is 0 Å². The molecule has 1 saturated heterocycles. The third-order valence-corrected chi connectivity index (χ3v) is 5.71. The van der Waals surface area contributed by atoms with Crippen molar-refractivity contribution in [1.29, 1.82) is 0 Å². The molecule has 33 heavy (non-hydrogen) atoms. The Morgan fingerprint density at radius 1 is 1.21 bits per heavy atom. The number of esters is 1. The maximum absolute atomic E-state index is 12.3. The molecule has 1 heterocycles. The quantitative estimate of drug-likeness (QED) is 0.324. The van der Waals surface area contributed by atoms with Crippen LogP contribution in [0.1, 0.15) is 22.3 Å². The van der Waals surface area contributed by atoms with Gasteiger partial charge in [-0.25, -0.2) is 0 Å². The van der Waals surface area contributed by atoms with Gasteiger partial charge in [0, 0.05) is 34.3 Å². The van der Waals surface area contributed by atoms with Gasteiger partial charge in [0.25, 0.3) is 17.5 Å². The predicted octanol–water partition coefficient (Wildman–Crippen LogP) is 2.34. The number of nitrogens with zero attached hydrogens (tertiary/aromatic N) is 2. The molecule has 2 N–H and O–H groups in total. The van der Waals surface area contributed by atoms with E-state index in [2.05, 4.69) is 26.7 Å². The van der Waals surface area contributed by atoms with Gasteiger partial charge in [-0.05, 0) is 42.8 Å². The second-order valence-electron chi connectivity index (χ2n) is 7.27. The fourth-order valence-corrected chi connectivity index (χ4v) is 3.32. The van der Waals surface area contributed by atoms with Crippen LogP contribution in [0.2, 0.25) is 0 Å². The molecule has 1 aliphatic rings. The molecular formula is C21H19BrN4O7. The number of benzene rings is 2. The standard InChI is InChI=1S/C21H19BrN4O7/c1-12-8-15(4-7-17(12)22)23-18(27)11-33-21(30)14-9-19(28)25(10-14)24-20(29)13-2-5-16(6-3-13)26(31)32/h2-8,14H,9-11H2,1H3,(H,23,27)(H,24,29)/t14-/m0/s1. The molecule has 0 unspecified atom stereocenters. The number of carbonyl (C=O) groups is 4. The van der Waals surface area contributed by atoms with Crippen molar-refractivity contribution in [3.63, 3.8) is 0 Å². The summed E-state index contributed by atoms with van der Waals surface area (Å²) in [6.07, 6.45) is -0.188. The van der Waals surface area contributed by atoms with Gasteiger partial charge in [0.05, 0.1) is 17.4 Å². The summed E-state index contributed by atoms with van der Waals surface area (Å²) in [5, 5.41) is 14.3. The van der Waals surface area contributed by atoms with Crippen LogP contribution in [0.3, 0.4) is 0 Å². The fraction of sp³-hybridized carbons (Fsp3) is 0.238. The number of aryl methyl sites for hydroxylation is 1. The van der Waals surface area contributed by atoms with Gasteiger partial charge >= 0.3 is 5.97 Å². The first-order valence-corrected chi connectivity index (χ1v) is 10.5. The first-order chi connectivity index (χ1) is 15.6. The minimum Gasteiger partial charge on any atom is -0.455 e. The summed E-state index contributed by atoms with van der Waals surface area (Å²) in [5.74, 6) is -3.27. The zero-order valence-corrected chi connectivity index (χ0v) is 19.0. The van der Waals surface area contributed by atoms with Gasteiger partial charge in [0.15, 0.2) is 6.61 Å². The van der Waals surface area contributed by atoms with Crippen molar-refractivity contribution >= 4 is 51.0 Å². The molecule has 3 amide bonds. The van der Waals surface area contributed by atoms with Crippen LogP contribution in [-0.4, -0.2) is 46.8 Å². The van der Waals surface area contributed by atoms with E-state index < -0.39 is 41.1 Å². The molecule has 2 aromatic rings. The number of rotatable bonds is 7. The van der Waals surface area contributed by atoms with Crippen LogP contribution in [-0.2, 0) is 19.1 Å². The topological polar surface area (TPSA) is 148 Å². The number of amides is 3. The first-order valence-electron chi connectivity index (χ1n) is 9.72. The lowest BCUT2D eigenvalue weighted by molar-refractivity contribution is -0.384. The Morgan fingerprint density at radius 3 is 2.55 bits per heavy atom. The lowest BCUT2D eigenvalue weighted by atomic mass is 10.1. The van der Waals surface area contributed by atoms with Gasteiger partial charge < -0.3 is 10.1 Å². The number of nitrogens with one attached hydrogen (secondary N) is 2. The Hall–Kier alpha value is -3.80. The zero-order valence-electron chi connectivity index (χ0n) is 17.4. The molecule has 0 aromatic heterocycles. The average Bonchev–Trinajstić information content (AvgIpc) is 3.15. The molecule has 12 heteroatoms. The summed E-state index contributed by atoms with van der Waals surface area (Å²) < 4.78 is 5.91. The number of nitro groups is 1. The number of hydrogen-bond acceptors (Lipinski definition) is 7. The third-order valence-electron chi connectivity index (χ3n) is 4.82. The van der Waals surface area contributed by atoms with Crippen molar-refractivity contribution in [3.05, 3.63) is 68.2 Å². The summed E-state index contributed by atoms with van der Waals surface area (Å²) in [5.41, 5.74) is 3.78. The normalized spacial score (nSPS) is 15.2. The molecule has 11 nitrogen and oxygen atoms in total. The molecule has 2 aromatic carbocycles. The molecule has 0 saturated carbocycles. The lowest BCUT2D eigenvalue weighted by Crippen LogP contribution is -2.43. The van der Waals surface area contributed by atoms with E-state index in [9.17, 15) is 29.3 Å². The van der Waals surface area contributed by atoms with Crippen molar-refractivity contribution in [2.75, 3.05) is 18.5 Å². The molecular weight excluding hydrogens is 500 g/mol. The van der Waals surface area contributed by atoms with Crippen molar-refractivity contribution < 1.29 is 28.8 Å². The minimum atomic E-state index is -0.850. The number of ether oxygens (including phenoxy) is 1. The van der Waals surface area contributed by atoms with E-state index in [4.69, 9.17) is 4.74 Å².